The van der Waals surface area contributed by atoms with Crippen molar-refractivity contribution in [1.82, 2.24) is 9.80 Å². The lowest BCUT2D eigenvalue weighted by Crippen LogP contribution is -2.43. The number of nitriles is 1. The van der Waals surface area contributed by atoms with E-state index in [0.29, 0.717) is 17.4 Å². The number of nitrogens with two attached hydrogens (primary N) is 1. The molecule has 0 aliphatic carbocycles. The molecule has 1 aromatic rings. The molecule has 1 fully saturated rings. The third-order valence-corrected chi connectivity index (χ3v) is 5.55. The molecule has 1 saturated heterocycles. The molecule has 0 saturated carbocycles. The lowest BCUT2D eigenvalue weighted by Gasteiger charge is -2.37. The Morgan fingerprint density at radius 1 is 1.37 bits per heavy atom. The first-order valence-corrected chi connectivity index (χ1v) is 10.3. The molecule has 1 amide bonds. The molecular formula is C23H28N6O. The third kappa shape index (κ3) is 4.95. The number of rotatable bonds is 4. The van der Waals surface area contributed by atoms with Gasteiger partial charge in [0.15, 0.2) is 5.84 Å². The fourth-order valence-electron chi connectivity index (χ4n) is 3.85. The highest BCUT2D eigenvalue weighted by atomic mass is 16.2. The molecule has 7 nitrogen and oxygen atoms in total. The second-order valence-corrected chi connectivity index (χ2v) is 7.45. The van der Waals surface area contributed by atoms with E-state index in [-0.39, 0.29) is 5.91 Å². The average molecular weight is 405 g/mol. The minimum absolute atomic E-state index is 0.139. The summed E-state index contributed by atoms with van der Waals surface area (Å²) in [6.45, 7) is 5.22. The summed E-state index contributed by atoms with van der Waals surface area (Å²) in [5, 5.41) is 9.15. The van der Waals surface area contributed by atoms with Crippen molar-refractivity contribution in [1.29, 1.82) is 5.26 Å². The second kappa shape index (κ2) is 9.88. The van der Waals surface area contributed by atoms with Crippen LogP contribution in [0, 0.1) is 11.3 Å². The van der Waals surface area contributed by atoms with Crippen LogP contribution in [0.3, 0.4) is 0 Å². The Morgan fingerprint density at radius 2 is 2.13 bits per heavy atom. The van der Waals surface area contributed by atoms with Crippen LogP contribution in [0.4, 0.5) is 5.69 Å². The van der Waals surface area contributed by atoms with Crippen LogP contribution in [-0.2, 0) is 11.2 Å². The van der Waals surface area contributed by atoms with Crippen LogP contribution >= 0.6 is 0 Å². The number of hydrogen-bond acceptors (Lipinski definition) is 4. The van der Waals surface area contributed by atoms with Gasteiger partial charge in [0.05, 0.1) is 23.7 Å². The van der Waals surface area contributed by atoms with Crippen molar-refractivity contribution in [2.45, 2.75) is 45.6 Å². The van der Waals surface area contributed by atoms with Gasteiger partial charge in [-0.05, 0) is 49.4 Å². The number of amidine groups is 1. The number of benzene rings is 1. The van der Waals surface area contributed by atoms with Crippen molar-refractivity contribution in [3.8, 4) is 6.07 Å². The number of aryl methyl sites for hydroxylation is 1. The van der Waals surface area contributed by atoms with Crippen molar-refractivity contribution < 1.29 is 4.79 Å². The minimum atomic E-state index is 0.139. The maximum absolute atomic E-state index is 11.6. The first-order valence-electron chi connectivity index (χ1n) is 10.3. The maximum Gasteiger partial charge on any atom is 0.219 e. The Morgan fingerprint density at radius 3 is 2.77 bits per heavy atom. The molecule has 0 spiro atoms. The van der Waals surface area contributed by atoms with Gasteiger partial charge in [-0.3, -0.25) is 4.79 Å². The normalized spacial score (nSPS) is 17.9. The number of nitrogens with zero attached hydrogens (tertiary/aromatic N) is 5. The lowest BCUT2D eigenvalue weighted by atomic mass is 10.0. The van der Waals surface area contributed by atoms with E-state index >= 15 is 0 Å². The zero-order valence-corrected chi connectivity index (χ0v) is 17.6. The Kier molecular flexibility index (Phi) is 7.02. The molecule has 0 atom stereocenters. The Labute approximate surface area is 177 Å². The number of carbonyl (C=O) groups excluding carboxylic acids is 1. The molecule has 2 N–H and O–H groups in total. The molecule has 156 valence electrons. The molecule has 0 radical (unpaired) electrons. The smallest absolute Gasteiger partial charge is 0.219 e. The summed E-state index contributed by atoms with van der Waals surface area (Å²) in [5.74, 6) is 0.715. The van der Waals surface area contributed by atoms with Crippen molar-refractivity contribution >= 4 is 23.8 Å². The summed E-state index contributed by atoms with van der Waals surface area (Å²) in [7, 11) is 0. The summed E-state index contributed by atoms with van der Waals surface area (Å²) in [6, 6.07) is 8.01. The standard InChI is InChI=1S/C23H28N6O/c1-3-19-13-18(14-24)6-7-22(19)27-23(26-16-25)20-5-4-10-29(15-20)21-8-11-28(12-9-21)17(2)30/h4,6-7,10,13,15-16,21H,3,5,8-9,11-12H2,1-2H3,(H2,25,26,27). The van der Waals surface area contributed by atoms with Gasteiger partial charge in [0.2, 0.25) is 5.91 Å². The summed E-state index contributed by atoms with van der Waals surface area (Å²) in [5.41, 5.74) is 9.02. The van der Waals surface area contributed by atoms with E-state index in [0.717, 1.165) is 55.6 Å². The number of aliphatic imine (C=N–C) groups is 2. The molecule has 0 bridgehead atoms. The predicted octanol–water partition coefficient (Wildman–Crippen LogP) is 3.25. The van der Waals surface area contributed by atoms with Gasteiger partial charge in [0.25, 0.3) is 0 Å². The van der Waals surface area contributed by atoms with Gasteiger partial charge < -0.3 is 15.5 Å². The van der Waals surface area contributed by atoms with Crippen LogP contribution in [0.25, 0.3) is 0 Å². The minimum Gasteiger partial charge on any atom is -0.390 e. The van der Waals surface area contributed by atoms with Gasteiger partial charge in [0.1, 0.15) is 0 Å². The van der Waals surface area contributed by atoms with Crippen molar-refractivity contribution in [2.24, 2.45) is 15.7 Å². The molecule has 1 aromatic carbocycles. The Balaban J connectivity index is 1.85. The van der Waals surface area contributed by atoms with E-state index in [1.165, 1.54) is 6.34 Å². The van der Waals surface area contributed by atoms with E-state index in [1.54, 1.807) is 13.0 Å². The Bertz CT molecular complexity index is 945. The predicted molar refractivity (Wildman–Crippen MR) is 119 cm³/mol. The van der Waals surface area contributed by atoms with Crippen LogP contribution < -0.4 is 5.73 Å². The quantitative estimate of drug-likeness (QED) is 0.615. The van der Waals surface area contributed by atoms with E-state index < -0.39 is 0 Å². The zero-order valence-electron chi connectivity index (χ0n) is 17.6. The molecule has 0 unspecified atom stereocenters. The van der Waals surface area contributed by atoms with Crippen LogP contribution in [0.15, 0.2) is 52.2 Å². The van der Waals surface area contributed by atoms with E-state index in [9.17, 15) is 4.79 Å². The van der Waals surface area contributed by atoms with Crippen molar-refractivity contribution in [3.63, 3.8) is 0 Å². The maximum atomic E-state index is 11.6. The third-order valence-electron chi connectivity index (χ3n) is 5.55. The van der Waals surface area contributed by atoms with Crippen LogP contribution in [-0.4, -0.2) is 47.0 Å². The number of allylic oxidation sites excluding steroid dienone is 1. The summed E-state index contributed by atoms with van der Waals surface area (Å²) < 4.78 is 0. The largest absolute Gasteiger partial charge is 0.390 e. The molecule has 2 aliphatic rings. The number of piperidine rings is 1. The highest BCUT2D eigenvalue weighted by molar-refractivity contribution is 6.04. The van der Waals surface area contributed by atoms with Crippen LogP contribution in [0.2, 0.25) is 0 Å². The number of carbonyl (C=O) groups is 1. The van der Waals surface area contributed by atoms with Crippen LogP contribution in [0.5, 0.6) is 0 Å². The molecule has 2 heterocycles. The van der Waals surface area contributed by atoms with Gasteiger partial charge in [-0.2, -0.15) is 5.26 Å². The van der Waals surface area contributed by atoms with Crippen molar-refractivity contribution in [3.05, 3.63) is 53.4 Å². The van der Waals surface area contributed by atoms with Gasteiger partial charge >= 0.3 is 0 Å². The number of hydrogen-bond donors (Lipinski definition) is 1. The lowest BCUT2D eigenvalue weighted by molar-refractivity contribution is -0.130. The molecular weight excluding hydrogens is 376 g/mol. The molecule has 30 heavy (non-hydrogen) atoms. The number of amides is 1. The van der Waals surface area contributed by atoms with Gasteiger partial charge in [-0.15, -0.1) is 0 Å². The van der Waals surface area contributed by atoms with Gasteiger partial charge in [-0.25, -0.2) is 9.98 Å². The zero-order chi connectivity index (χ0) is 21.5. The van der Waals surface area contributed by atoms with E-state index in [2.05, 4.69) is 34.4 Å². The van der Waals surface area contributed by atoms with Gasteiger partial charge in [0, 0.05) is 44.0 Å². The van der Waals surface area contributed by atoms with Crippen molar-refractivity contribution in [2.75, 3.05) is 13.1 Å². The average Bonchev–Trinajstić information content (AvgIpc) is 2.79. The summed E-state index contributed by atoms with van der Waals surface area (Å²) in [4.78, 5) is 24.8. The molecule has 2 aliphatic heterocycles. The van der Waals surface area contributed by atoms with Gasteiger partial charge in [-0.1, -0.05) is 13.0 Å². The fourth-order valence-corrected chi connectivity index (χ4v) is 3.85. The molecule has 7 heteroatoms. The molecule has 3 rings (SSSR count). The summed E-state index contributed by atoms with van der Waals surface area (Å²) in [6.07, 6.45) is 10.9. The first-order chi connectivity index (χ1) is 14.5. The van der Waals surface area contributed by atoms with E-state index in [1.807, 2.05) is 24.0 Å². The highest BCUT2D eigenvalue weighted by Gasteiger charge is 2.25. The highest BCUT2D eigenvalue weighted by Crippen LogP contribution is 2.26. The van der Waals surface area contributed by atoms with Crippen LogP contribution in [0.1, 0.15) is 44.2 Å². The monoisotopic (exact) mass is 404 g/mol. The van der Waals surface area contributed by atoms with E-state index in [4.69, 9.17) is 16.0 Å². The molecule has 0 aromatic heterocycles. The number of likely N-dealkylation sites (tertiary alicyclic amines) is 1. The Hall–Kier alpha value is -3.40. The second-order valence-electron chi connectivity index (χ2n) is 7.45. The topological polar surface area (TPSA) is 98.1 Å². The SMILES string of the molecule is CCc1cc(C#N)ccc1N=C(N=CN)C1=CN(C2CCN(C(C)=O)CC2)C=CC1. The first kappa shape index (κ1) is 21.3. The fraction of sp³-hybridized carbons (Fsp3) is 0.391. The summed E-state index contributed by atoms with van der Waals surface area (Å²) >= 11 is 0.